The highest BCUT2D eigenvalue weighted by atomic mass is 16.3. The zero-order valence-corrected chi connectivity index (χ0v) is 10.5. The minimum absolute atomic E-state index is 0.101. The normalized spacial score (nSPS) is 49.7. The molecule has 0 heterocycles. The van der Waals surface area contributed by atoms with E-state index in [0.717, 1.165) is 5.92 Å². The molecule has 1 nitrogen and oxygen atoms in total. The van der Waals surface area contributed by atoms with E-state index in [-0.39, 0.29) is 6.10 Å². The molecule has 0 aromatic carbocycles. The minimum atomic E-state index is -0.101. The first-order valence-corrected chi connectivity index (χ1v) is 6.06. The van der Waals surface area contributed by atoms with Crippen LogP contribution >= 0.6 is 0 Å². The Kier molecular flexibility index (Phi) is 3.63. The number of rotatable bonds is 1. The van der Waals surface area contributed by atoms with Gasteiger partial charge in [0.2, 0.25) is 0 Å². The van der Waals surface area contributed by atoms with Crippen LogP contribution in [0, 0.1) is 35.5 Å². The third-order valence-corrected chi connectivity index (χ3v) is 4.80. The van der Waals surface area contributed by atoms with Crippen LogP contribution in [0.25, 0.3) is 0 Å². The quantitative estimate of drug-likeness (QED) is 0.686. The second kappa shape index (κ2) is 4.22. The maximum atomic E-state index is 10.3. The van der Waals surface area contributed by atoms with Crippen molar-refractivity contribution in [2.45, 2.75) is 47.6 Å². The van der Waals surface area contributed by atoms with E-state index >= 15 is 0 Å². The van der Waals surface area contributed by atoms with E-state index in [9.17, 15) is 5.11 Å². The van der Waals surface area contributed by atoms with Gasteiger partial charge in [0.15, 0.2) is 0 Å². The molecule has 1 aliphatic carbocycles. The van der Waals surface area contributed by atoms with Gasteiger partial charge in [-0.15, -0.1) is 0 Å². The minimum Gasteiger partial charge on any atom is -0.393 e. The van der Waals surface area contributed by atoms with Gasteiger partial charge in [0.05, 0.1) is 6.10 Å². The summed E-state index contributed by atoms with van der Waals surface area (Å²) in [6.45, 7) is 13.6. The van der Waals surface area contributed by atoms with E-state index in [1.165, 1.54) is 0 Å². The summed E-state index contributed by atoms with van der Waals surface area (Å²) in [4.78, 5) is 0. The van der Waals surface area contributed by atoms with Crippen LogP contribution in [0.2, 0.25) is 0 Å². The van der Waals surface area contributed by atoms with Crippen molar-refractivity contribution >= 4 is 0 Å². The number of hydrogen-bond acceptors (Lipinski definition) is 1. The monoisotopic (exact) mass is 198 g/mol. The van der Waals surface area contributed by atoms with Gasteiger partial charge in [-0.1, -0.05) is 41.5 Å². The molecule has 0 bridgehead atoms. The van der Waals surface area contributed by atoms with E-state index in [1.54, 1.807) is 0 Å². The fourth-order valence-corrected chi connectivity index (χ4v) is 3.28. The predicted octanol–water partition coefficient (Wildman–Crippen LogP) is 3.18. The number of hydrogen-bond donors (Lipinski definition) is 1. The smallest absolute Gasteiger partial charge is 0.0601 e. The molecule has 1 saturated carbocycles. The summed E-state index contributed by atoms with van der Waals surface area (Å²) in [5.74, 6) is 3.56. The Morgan fingerprint density at radius 1 is 0.786 bits per heavy atom. The van der Waals surface area contributed by atoms with Crippen molar-refractivity contribution in [2.24, 2.45) is 35.5 Å². The molecular weight excluding hydrogens is 172 g/mol. The Labute approximate surface area is 88.9 Å². The van der Waals surface area contributed by atoms with Gasteiger partial charge in [-0.05, 0) is 35.5 Å². The highest BCUT2D eigenvalue weighted by molar-refractivity contribution is 4.92. The summed E-state index contributed by atoms with van der Waals surface area (Å²) >= 11 is 0. The standard InChI is InChI=1S/C13H26O/c1-7(2)12-10(5)8(3)9(4)11(6)13(12)14/h7-14H,1-6H3. The van der Waals surface area contributed by atoms with Crippen LogP contribution < -0.4 is 0 Å². The van der Waals surface area contributed by atoms with Gasteiger partial charge in [0, 0.05) is 0 Å². The molecule has 1 fully saturated rings. The molecule has 0 aliphatic heterocycles. The third-order valence-electron chi connectivity index (χ3n) is 4.80. The fraction of sp³-hybridized carbons (Fsp3) is 1.00. The molecular formula is C13H26O. The second-order valence-corrected chi connectivity index (χ2v) is 5.75. The van der Waals surface area contributed by atoms with Crippen molar-refractivity contribution in [1.29, 1.82) is 0 Å². The summed E-state index contributed by atoms with van der Waals surface area (Å²) < 4.78 is 0. The van der Waals surface area contributed by atoms with Crippen LogP contribution in [0.1, 0.15) is 41.5 Å². The second-order valence-electron chi connectivity index (χ2n) is 5.75. The van der Waals surface area contributed by atoms with Crippen molar-refractivity contribution in [3.63, 3.8) is 0 Å². The predicted molar refractivity (Wildman–Crippen MR) is 61.0 cm³/mol. The van der Waals surface area contributed by atoms with E-state index in [1.807, 2.05) is 0 Å². The molecule has 0 spiro atoms. The van der Waals surface area contributed by atoms with Gasteiger partial charge >= 0.3 is 0 Å². The van der Waals surface area contributed by atoms with E-state index in [0.29, 0.717) is 29.6 Å². The van der Waals surface area contributed by atoms with Crippen molar-refractivity contribution < 1.29 is 5.11 Å². The molecule has 1 heteroatoms. The van der Waals surface area contributed by atoms with Crippen LogP contribution in [-0.4, -0.2) is 11.2 Å². The summed E-state index contributed by atoms with van der Waals surface area (Å²) in [5, 5.41) is 10.3. The number of aliphatic hydroxyl groups is 1. The van der Waals surface area contributed by atoms with Gasteiger partial charge < -0.3 is 5.11 Å². The summed E-state index contributed by atoms with van der Waals surface area (Å²) in [7, 11) is 0. The fourth-order valence-electron chi connectivity index (χ4n) is 3.28. The van der Waals surface area contributed by atoms with Crippen LogP contribution in [0.5, 0.6) is 0 Å². The molecule has 0 saturated heterocycles. The SMILES string of the molecule is CC(C)C1C(C)C(C)C(C)C(C)C1O. The molecule has 0 aromatic heterocycles. The Hall–Kier alpha value is -0.0400. The zero-order chi connectivity index (χ0) is 11.0. The van der Waals surface area contributed by atoms with Crippen molar-refractivity contribution in [3.05, 3.63) is 0 Å². The molecule has 84 valence electrons. The lowest BCUT2D eigenvalue weighted by atomic mass is 9.60. The molecule has 6 atom stereocenters. The van der Waals surface area contributed by atoms with Gasteiger partial charge in [-0.2, -0.15) is 0 Å². The van der Waals surface area contributed by atoms with Crippen LogP contribution in [-0.2, 0) is 0 Å². The van der Waals surface area contributed by atoms with Gasteiger partial charge in [0.25, 0.3) is 0 Å². The third kappa shape index (κ3) is 1.84. The highest BCUT2D eigenvalue weighted by Gasteiger charge is 2.43. The van der Waals surface area contributed by atoms with Crippen LogP contribution in [0.4, 0.5) is 0 Å². The van der Waals surface area contributed by atoms with Crippen molar-refractivity contribution in [2.75, 3.05) is 0 Å². The molecule has 1 rings (SSSR count). The van der Waals surface area contributed by atoms with Gasteiger partial charge in [-0.3, -0.25) is 0 Å². The first-order valence-electron chi connectivity index (χ1n) is 6.06. The number of aliphatic hydroxyl groups excluding tert-OH is 1. The largest absolute Gasteiger partial charge is 0.393 e. The lowest BCUT2D eigenvalue weighted by Crippen LogP contribution is -2.47. The molecule has 14 heavy (non-hydrogen) atoms. The summed E-state index contributed by atoms with van der Waals surface area (Å²) in [5.41, 5.74) is 0. The molecule has 6 unspecified atom stereocenters. The van der Waals surface area contributed by atoms with Crippen molar-refractivity contribution in [1.82, 2.24) is 0 Å². The molecule has 0 aromatic rings. The van der Waals surface area contributed by atoms with Gasteiger partial charge in [0.1, 0.15) is 0 Å². The Morgan fingerprint density at radius 2 is 1.21 bits per heavy atom. The summed E-state index contributed by atoms with van der Waals surface area (Å²) in [6.07, 6.45) is -0.101. The maximum absolute atomic E-state index is 10.3. The van der Waals surface area contributed by atoms with Crippen LogP contribution in [0.15, 0.2) is 0 Å². The molecule has 0 radical (unpaired) electrons. The topological polar surface area (TPSA) is 20.2 Å². The van der Waals surface area contributed by atoms with E-state index in [4.69, 9.17) is 0 Å². The van der Waals surface area contributed by atoms with E-state index < -0.39 is 0 Å². The Balaban J connectivity index is 2.86. The maximum Gasteiger partial charge on any atom is 0.0601 e. The highest BCUT2D eigenvalue weighted by Crippen LogP contribution is 2.44. The molecule has 1 N–H and O–H groups in total. The average molecular weight is 198 g/mol. The Morgan fingerprint density at radius 3 is 1.64 bits per heavy atom. The Bertz CT molecular complexity index is 172. The molecule has 1 aliphatic rings. The lowest BCUT2D eigenvalue weighted by molar-refractivity contribution is -0.0764. The zero-order valence-electron chi connectivity index (χ0n) is 10.5. The van der Waals surface area contributed by atoms with Crippen molar-refractivity contribution in [3.8, 4) is 0 Å². The van der Waals surface area contributed by atoms with Crippen LogP contribution in [0.3, 0.4) is 0 Å². The van der Waals surface area contributed by atoms with Gasteiger partial charge in [-0.25, -0.2) is 0 Å². The first-order chi connectivity index (χ1) is 6.37. The molecule has 0 amide bonds. The lowest BCUT2D eigenvalue weighted by Gasteiger charge is -2.47. The summed E-state index contributed by atoms with van der Waals surface area (Å²) in [6, 6.07) is 0. The average Bonchev–Trinajstić information content (AvgIpc) is 2.11. The van der Waals surface area contributed by atoms with E-state index in [2.05, 4.69) is 41.5 Å². The first kappa shape index (κ1) is 12.0.